The van der Waals surface area contributed by atoms with Crippen molar-refractivity contribution in [3.8, 4) is 0 Å². The highest BCUT2D eigenvalue weighted by Gasteiger charge is 2.57. The number of Topliss-reactive ketones (excluding diaryl/α,β-unsaturated/α-hetero) is 1. The molecule has 2 aromatic rings. The van der Waals surface area contributed by atoms with Crippen molar-refractivity contribution in [3.05, 3.63) is 65.7 Å². The number of nitrogens with zero attached hydrogens (tertiary/aromatic N) is 1. The number of likely N-dealkylation sites (tertiary alicyclic amines) is 1. The van der Waals surface area contributed by atoms with Gasteiger partial charge in [0.1, 0.15) is 11.8 Å². The SMILES string of the molecule is Cc1ccc(NC(=O)N2C(C(=O)O)C3CCCC(=O)C3C2c2ccccc2)cc1. The molecule has 29 heavy (non-hydrogen) atoms. The molecule has 2 fully saturated rings. The van der Waals surface area contributed by atoms with Crippen LogP contribution >= 0.6 is 0 Å². The molecular weight excluding hydrogens is 368 g/mol. The second kappa shape index (κ2) is 7.70. The summed E-state index contributed by atoms with van der Waals surface area (Å²) in [6, 6.07) is 14.5. The first-order chi connectivity index (χ1) is 14.0. The number of anilines is 1. The molecule has 150 valence electrons. The Morgan fingerprint density at radius 1 is 1.07 bits per heavy atom. The van der Waals surface area contributed by atoms with Crippen LogP contribution in [0, 0.1) is 18.8 Å². The number of fused-ring (bicyclic) bond motifs is 1. The number of amides is 2. The zero-order valence-corrected chi connectivity index (χ0v) is 16.2. The number of rotatable bonds is 3. The van der Waals surface area contributed by atoms with Crippen molar-refractivity contribution in [3.63, 3.8) is 0 Å². The van der Waals surface area contributed by atoms with Gasteiger partial charge in [0.15, 0.2) is 0 Å². The third-order valence-corrected chi connectivity index (χ3v) is 6.07. The topological polar surface area (TPSA) is 86.7 Å². The summed E-state index contributed by atoms with van der Waals surface area (Å²) in [5.41, 5.74) is 2.45. The van der Waals surface area contributed by atoms with Crippen LogP contribution in [0.1, 0.15) is 36.4 Å². The van der Waals surface area contributed by atoms with Gasteiger partial charge in [-0.3, -0.25) is 4.79 Å². The molecule has 4 rings (SSSR count). The van der Waals surface area contributed by atoms with Gasteiger partial charge in [-0.1, -0.05) is 48.0 Å². The Kier molecular flexibility index (Phi) is 5.09. The van der Waals surface area contributed by atoms with E-state index in [9.17, 15) is 19.5 Å². The molecule has 2 aliphatic rings. The molecular formula is C23H24N2O4. The molecule has 4 unspecified atom stereocenters. The van der Waals surface area contributed by atoms with E-state index in [1.54, 1.807) is 12.1 Å². The Morgan fingerprint density at radius 3 is 2.41 bits per heavy atom. The van der Waals surface area contributed by atoms with Crippen LogP contribution in [0.5, 0.6) is 0 Å². The molecule has 1 saturated carbocycles. The van der Waals surface area contributed by atoms with Gasteiger partial charge in [0.25, 0.3) is 0 Å². The highest BCUT2D eigenvalue weighted by atomic mass is 16.4. The van der Waals surface area contributed by atoms with Crippen LogP contribution in [-0.4, -0.2) is 33.8 Å². The molecule has 1 saturated heterocycles. The number of carboxylic acid groups (broad SMARTS) is 1. The lowest BCUT2D eigenvalue weighted by Gasteiger charge is -2.30. The zero-order chi connectivity index (χ0) is 20.5. The highest BCUT2D eigenvalue weighted by molar-refractivity contribution is 5.95. The fourth-order valence-electron chi connectivity index (χ4n) is 4.81. The van der Waals surface area contributed by atoms with Crippen molar-refractivity contribution < 1.29 is 19.5 Å². The van der Waals surface area contributed by atoms with Gasteiger partial charge in [-0.25, -0.2) is 9.59 Å². The Balaban J connectivity index is 1.75. The van der Waals surface area contributed by atoms with Crippen LogP contribution in [0.25, 0.3) is 0 Å². The summed E-state index contributed by atoms with van der Waals surface area (Å²) in [6.45, 7) is 1.95. The summed E-state index contributed by atoms with van der Waals surface area (Å²) in [4.78, 5) is 39.7. The number of urea groups is 1. The first-order valence-corrected chi connectivity index (χ1v) is 9.94. The molecule has 1 aliphatic carbocycles. The number of hydrogen-bond acceptors (Lipinski definition) is 3. The largest absolute Gasteiger partial charge is 0.480 e. The molecule has 2 amide bonds. The molecule has 2 N–H and O–H groups in total. The van der Waals surface area contributed by atoms with Gasteiger partial charge in [-0.15, -0.1) is 0 Å². The van der Waals surface area contributed by atoms with E-state index in [0.717, 1.165) is 11.1 Å². The van der Waals surface area contributed by atoms with Crippen molar-refractivity contribution >= 4 is 23.5 Å². The number of carboxylic acids is 1. The minimum atomic E-state index is -1.06. The van der Waals surface area contributed by atoms with Crippen LogP contribution in [0.4, 0.5) is 10.5 Å². The van der Waals surface area contributed by atoms with Gasteiger partial charge < -0.3 is 15.3 Å². The monoisotopic (exact) mass is 392 g/mol. The van der Waals surface area contributed by atoms with E-state index in [0.29, 0.717) is 24.9 Å². The van der Waals surface area contributed by atoms with Gasteiger partial charge in [0, 0.05) is 23.9 Å². The van der Waals surface area contributed by atoms with Crippen molar-refractivity contribution in [1.82, 2.24) is 4.90 Å². The minimum Gasteiger partial charge on any atom is -0.480 e. The number of benzene rings is 2. The molecule has 1 heterocycles. The zero-order valence-electron chi connectivity index (χ0n) is 16.2. The fourth-order valence-corrected chi connectivity index (χ4v) is 4.81. The average Bonchev–Trinajstić information content (AvgIpc) is 3.07. The van der Waals surface area contributed by atoms with E-state index in [-0.39, 0.29) is 11.7 Å². The van der Waals surface area contributed by atoms with Crippen molar-refractivity contribution in [1.29, 1.82) is 0 Å². The fraction of sp³-hybridized carbons (Fsp3) is 0.348. The number of aliphatic carboxylic acids is 1. The van der Waals surface area contributed by atoms with Crippen molar-refractivity contribution in [2.75, 3.05) is 5.32 Å². The predicted octanol–water partition coefficient (Wildman–Crippen LogP) is 4.02. The third-order valence-electron chi connectivity index (χ3n) is 6.07. The minimum absolute atomic E-state index is 0.0481. The molecule has 6 heteroatoms. The molecule has 0 spiro atoms. The van der Waals surface area contributed by atoms with Gasteiger partial charge in [-0.2, -0.15) is 0 Å². The normalized spacial score (nSPS) is 26.1. The lowest BCUT2D eigenvalue weighted by molar-refractivity contribution is -0.143. The van der Waals surface area contributed by atoms with Gasteiger partial charge in [0.05, 0.1) is 6.04 Å². The molecule has 6 nitrogen and oxygen atoms in total. The van der Waals surface area contributed by atoms with Gasteiger partial charge in [-0.05, 0) is 37.5 Å². The van der Waals surface area contributed by atoms with Crippen molar-refractivity contribution in [2.45, 2.75) is 38.3 Å². The van der Waals surface area contributed by atoms with E-state index >= 15 is 0 Å². The van der Waals surface area contributed by atoms with E-state index in [2.05, 4.69) is 5.32 Å². The van der Waals surface area contributed by atoms with Gasteiger partial charge in [0.2, 0.25) is 0 Å². The smallest absolute Gasteiger partial charge is 0.326 e. The third kappa shape index (κ3) is 3.50. The summed E-state index contributed by atoms with van der Waals surface area (Å²) in [6.07, 6.45) is 1.73. The summed E-state index contributed by atoms with van der Waals surface area (Å²) in [7, 11) is 0. The van der Waals surface area contributed by atoms with Crippen molar-refractivity contribution in [2.24, 2.45) is 11.8 Å². The summed E-state index contributed by atoms with van der Waals surface area (Å²) >= 11 is 0. The van der Waals surface area contributed by atoms with Crippen LogP contribution < -0.4 is 5.32 Å². The van der Waals surface area contributed by atoms with Crippen LogP contribution in [0.2, 0.25) is 0 Å². The van der Waals surface area contributed by atoms with Crippen LogP contribution in [-0.2, 0) is 9.59 Å². The Labute approximate surface area is 169 Å². The van der Waals surface area contributed by atoms with Crippen LogP contribution in [0.3, 0.4) is 0 Å². The van der Waals surface area contributed by atoms with Crippen LogP contribution in [0.15, 0.2) is 54.6 Å². The first-order valence-electron chi connectivity index (χ1n) is 9.94. The average molecular weight is 392 g/mol. The second-order valence-electron chi connectivity index (χ2n) is 7.89. The summed E-state index contributed by atoms with van der Waals surface area (Å²) < 4.78 is 0. The van der Waals surface area contributed by atoms with E-state index in [4.69, 9.17) is 0 Å². The molecule has 2 aromatic carbocycles. The Hall–Kier alpha value is -3.15. The number of carbonyl (C=O) groups is 3. The quantitative estimate of drug-likeness (QED) is 0.826. The number of nitrogens with one attached hydrogen (secondary N) is 1. The number of carbonyl (C=O) groups excluding carboxylic acids is 2. The molecule has 0 bridgehead atoms. The molecule has 4 atom stereocenters. The van der Waals surface area contributed by atoms with E-state index in [1.165, 1.54) is 4.90 Å². The standard InChI is InChI=1S/C23H24N2O4/c1-14-10-12-16(13-11-14)24-23(29)25-20(15-6-3-2-4-7-15)19-17(21(25)22(27)28)8-5-9-18(19)26/h2-4,6-7,10-13,17,19-21H,5,8-9H2,1H3,(H,24,29)(H,27,28). The molecule has 1 aliphatic heterocycles. The van der Waals surface area contributed by atoms with E-state index in [1.807, 2.05) is 49.4 Å². The lowest BCUT2D eigenvalue weighted by atomic mass is 9.74. The highest BCUT2D eigenvalue weighted by Crippen LogP contribution is 2.50. The number of hydrogen-bond donors (Lipinski definition) is 2. The number of aryl methyl sites for hydroxylation is 1. The summed E-state index contributed by atoms with van der Waals surface area (Å²) in [5, 5.41) is 12.8. The maximum absolute atomic E-state index is 13.3. The predicted molar refractivity (Wildman–Crippen MR) is 108 cm³/mol. The Morgan fingerprint density at radius 2 is 1.76 bits per heavy atom. The first kappa shape index (κ1) is 19.2. The van der Waals surface area contributed by atoms with Gasteiger partial charge >= 0.3 is 12.0 Å². The second-order valence-corrected chi connectivity index (χ2v) is 7.89. The molecule has 0 radical (unpaired) electrons. The summed E-state index contributed by atoms with van der Waals surface area (Å²) in [5.74, 6) is -1.88. The molecule has 0 aromatic heterocycles. The van der Waals surface area contributed by atoms with E-state index < -0.39 is 30.0 Å². The Bertz CT molecular complexity index is 926. The lowest BCUT2D eigenvalue weighted by Crippen LogP contribution is -2.46. The maximum Gasteiger partial charge on any atom is 0.326 e. The number of ketones is 1. The maximum atomic E-state index is 13.3.